The van der Waals surface area contributed by atoms with Crippen LogP contribution in [0.1, 0.15) is 11.7 Å². The topological polar surface area (TPSA) is 66.8 Å². The maximum atomic E-state index is 11.9. The maximum absolute atomic E-state index is 11.9. The normalized spacial score (nSPS) is 12.6. The second-order valence-electron chi connectivity index (χ2n) is 2.84. The molecule has 1 aromatic rings. The van der Waals surface area contributed by atoms with Crippen LogP contribution in [0, 0.1) is 0 Å². The summed E-state index contributed by atoms with van der Waals surface area (Å²) in [5.41, 5.74) is -0.129. The lowest BCUT2D eigenvalue weighted by molar-refractivity contribution is -0.146. The van der Waals surface area contributed by atoms with Gasteiger partial charge in [0.25, 0.3) is 0 Å². The number of carbonyl (C=O) groups is 1. The largest absolute Gasteiger partial charge is 0.479 e. The number of hydrogen-bond donors (Lipinski definition) is 2. The average molecular weight is 253 g/mol. The molecule has 0 saturated carbocycles. The monoisotopic (exact) mass is 252 g/mol. The van der Waals surface area contributed by atoms with Crippen molar-refractivity contribution in [1.82, 2.24) is 0 Å². The van der Waals surface area contributed by atoms with E-state index in [1.807, 2.05) is 0 Å². The molecular formula is C9H7ClF2O4. The zero-order valence-corrected chi connectivity index (χ0v) is 8.49. The van der Waals surface area contributed by atoms with Gasteiger partial charge in [0.15, 0.2) is 6.10 Å². The number of benzene rings is 1. The van der Waals surface area contributed by atoms with Gasteiger partial charge in [-0.1, -0.05) is 11.6 Å². The molecule has 0 saturated heterocycles. The van der Waals surface area contributed by atoms with Gasteiger partial charge in [0, 0.05) is 5.02 Å². The van der Waals surface area contributed by atoms with E-state index in [0.29, 0.717) is 0 Å². The van der Waals surface area contributed by atoms with Gasteiger partial charge in [-0.3, -0.25) is 0 Å². The van der Waals surface area contributed by atoms with Crippen molar-refractivity contribution < 1.29 is 28.5 Å². The number of carboxylic acid groups (broad SMARTS) is 1. The van der Waals surface area contributed by atoms with Gasteiger partial charge in [-0.15, -0.1) is 0 Å². The van der Waals surface area contributed by atoms with Crippen LogP contribution >= 0.6 is 11.6 Å². The third-order valence-corrected chi connectivity index (χ3v) is 1.89. The SMILES string of the molecule is O=C(O)[C@H](O)c1cc(Cl)cc(OC(F)F)c1. The molecule has 1 rings (SSSR count). The van der Waals surface area contributed by atoms with E-state index in [-0.39, 0.29) is 16.3 Å². The van der Waals surface area contributed by atoms with E-state index in [1.165, 1.54) is 0 Å². The van der Waals surface area contributed by atoms with Crippen LogP contribution in [-0.2, 0) is 4.79 Å². The van der Waals surface area contributed by atoms with E-state index in [0.717, 1.165) is 18.2 Å². The second kappa shape index (κ2) is 5.09. The van der Waals surface area contributed by atoms with Gasteiger partial charge >= 0.3 is 12.6 Å². The van der Waals surface area contributed by atoms with Gasteiger partial charge in [0.05, 0.1) is 0 Å². The Morgan fingerprint density at radius 1 is 1.38 bits per heavy atom. The van der Waals surface area contributed by atoms with Crippen LogP contribution in [0.2, 0.25) is 5.02 Å². The van der Waals surface area contributed by atoms with E-state index in [2.05, 4.69) is 4.74 Å². The highest BCUT2D eigenvalue weighted by Crippen LogP contribution is 2.26. The first-order valence-electron chi connectivity index (χ1n) is 4.06. The fourth-order valence-corrected chi connectivity index (χ4v) is 1.29. The van der Waals surface area contributed by atoms with E-state index >= 15 is 0 Å². The second-order valence-corrected chi connectivity index (χ2v) is 3.28. The van der Waals surface area contributed by atoms with Crippen molar-refractivity contribution in [2.45, 2.75) is 12.7 Å². The van der Waals surface area contributed by atoms with Crippen LogP contribution in [0.15, 0.2) is 18.2 Å². The standard InChI is InChI=1S/C9H7ClF2O4/c10-5-1-4(7(13)8(14)15)2-6(3-5)16-9(11)12/h1-3,7,9,13H,(H,14,15)/t7-/m1/s1. The Balaban J connectivity index is 3.02. The van der Waals surface area contributed by atoms with Crippen LogP contribution in [0.3, 0.4) is 0 Å². The van der Waals surface area contributed by atoms with Gasteiger partial charge in [-0.2, -0.15) is 8.78 Å². The van der Waals surface area contributed by atoms with Crippen molar-refractivity contribution in [2.75, 3.05) is 0 Å². The Bertz CT molecular complexity index is 397. The summed E-state index contributed by atoms with van der Waals surface area (Å²) in [4.78, 5) is 10.5. The molecule has 4 nitrogen and oxygen atoms in total. The summed E-state index contributed by atoms with van der Waals surface area (Å²) in [6.45, 7) is -3.05. The lowest BCUT2D eigenvalue weighted by Gasteiger charge is -2.10. The first-order valence-corrected chi connectivity index (χ1v) is 4.44. The maximum Gasteiger partial charge on any atom is 0.387 e. The van der Waals surface area contributed by atoms with E-state index in [4.69, 9.17) is 16.7 Å². The summed E-state index contributed by atoms with van der Waals surface area (Å²) in [7, 11) is 0. The zero-order valence-electron chi connectivity index (χ0n) is 7.73. The van der Waals surface area contributed by atoms with Crippen LogP contribution in [0.25, 0.3) is 0 Å². The molecule has 7 heteroatoms. The molecule has 0 aliphatic heterocycles. The smallest absolute Gasteiger partial charge is 0.387 e. The molecule has 0 unspecified atom stereocenters. The van der Waals surface area contributed by atoms with Crippen LogP contribution in [0.4, 0.5) is 8.78 Å². The minimum absolute atomic E-state index is 0.00606. The molecule has 0 fully saturated rings. The first-order chi connectivity index (χ1) is 7.40. The van der Waals surface area contributed by atoms with Gasteiger partial charge < -0.3 is 14.9 Å². The van der Waals surface area contributed by atoms with Crippen molar-refractivity contribution in [2.24, 2.45) is 0 Å². The highest BCUT2D eigenvalue weighted by Gasteiger charge is 2.18. The van der Waals surface area contributed by atoms with E-state index in [1.54, 1.807) is 0 Å². The summed E-state index contributed by atoms with van der Waals surface area (Å²) >= 11 is 5.55. The Morgan fingerprint density at radius 3 is 2.50 bits per heavy atom. The minimum atomic E-state index is -3.05. The Labute approximate surface area is 94.0 Å². The van der Waals surface area contributed by atoms with Crippen LogP contribution in [0.5, 0.6) is 5.75 Å². The molecular weight excluding hydrogens is 246 g/mol. The molecule has 0 aliphatic carbocycles. The molecule has 0 radical (unpaired) electrons. The Morgan fingerprint density at radius 2 is 2.00 bits per heavy atom. The summed E-state index contributed by atoms with van der Waals surface area (Å²) < 4.78 is 27.8. The molecule has 88 valence electrons. The minimum Gasteiger partial charge on any atom is -0.479 e. The number of halogens is 3. The number of alkyl halides is 2. The number of aliphatic hydroxyl groups excluding tert-OH is 1. The molecule has 0 heterocycles. The highest BCUT2D eigenvalue weighted by molar-refractivity contribution is 6.30. The predicted octanol–water partition coefficient (Wildman–Crippen LogP) is 2.06. The summed E-state index contributed by atoms with van der Waals surface area (Å²) in [6, 6.07) is 3.22. The number of aliphatic hydroxyl groups is 1. The van der Waals surface area contributed by atoms with Crippen LogP contribution in [-0.4, -0.2) is 22.8 Å². The molecule has 0 aromatic heterocycles. The van der Waals surface area contributed by atoms with Gasteiger partial charge in [0.2, 0.25) is 0 Å². The number of ether oxygens (including phenoxy) is 1. The van der Waals surface area contributed by atoms with E-state index in [9.17, 15) is 18.7 Å². The van der Waals surface area contributed by atoms with Gasteiger partial charge in [-0.25, -0.2) is 4.79 Å². The third kappa shape index (κ3) is 3.32. The predicted molar refractivity (Wildman–Crippen MR) is 50.7 cm³/mol. The molecule has 0 amide bonds. The molecule has 1 aromatic carbocycles. The lowest BCUT2D eigenvalue weighted by Crippen LogP contribution is -2.11. The van der Waals surface area contributed by atoms with Crippen molar-refractivity contribution in [1.29, 1.82) is 0 Å². The van der Waals surface area contributed by atoms with Crippen molar-refractivity contribution in [3.8, 4) is 5.75 Å². The Hall–Kier alpha value is -1.40. The lowest BCUT2D eigenvalue weighted by atomic mass is 10.1. The number of rotatable bonds is 4. The van der Waals surface area contributed by atoms with Crippen molar-refractivity contribution in [3.05, 3.63) is 28.8 Å². The summed E-state index contributed by atoms with van der Waals surface area (Å²) in [5.74, 6) is -1.82. The molecule has 0 bridgehead atoms. The quantitative estimate of drug-likeness (QED) is 0.861. The fraction of sp³-hybridized carbons (Fsp3) is 0.222. The zero-order chi connectivity index (χ0) is 12.3. The van der Waals surface area contributed by atoms with Crippen molar-refractivity contribution in [3.63, 3.8) is 0 Å². The third-order valence-electron chi connectivity index (χ3n) is 1.67. The van der Waals surface area contributed by atoms with Crippen molar-refractivity contribution >= 4 is 17.6 Å². The summed E-state index contributed by atoms with van der Waals surface area (Å²) in [5, 5.41) is 17.7. The Kier molecular flexibility index (Phi) is 4.03. The van der Waals surface area contributed by atoms with Gasteiger partial charge in [0.1, 0.15) is 5.75 Å². The molecule has 2 N–H and O–H groups in total. The average Bonchev–Trinajstić information content (AvgIpc) is 2.14. The fourth-order valence-electron chi connectivity index (χ4n) is 1.06. The molecule has 0 aliphatic rings. The number of carboxylic acids is 1. The molecule has 1 atom stereocenters. The first kappa shape index (κ1) is 12.7. The number of aliphatic carboxylic acids is 1. The molecule has 0 spiro atoms. The summed E-state index contributed by atoms with van der Waals surface area (Å²) in [6.07, 6.45) is -1.83. The molecule has 16 heavy (non-hydrogen) atoms. The van der Waals surface area contributed by atoms with Crippen LogP contribution < -0.4 is 4.74 Å². The van der Waals surface area contributed by atoms with E-state index < -0.39 is 18.7 Å². The number of hydrogen-bond acceptors (Lipinski definition) is 3. The van der Waals surface area contributed by atoms with Gasteiger partial charge in [-0.05, 0) is 23.8 Å². The highest BCUT2D eigenvalue weighted by atomic mass is 35.5.